The average molecular weight is 291 g/mol. The maximum atomic E-state index is 11.7. The van der Waals surface area contributed by atoms with Gasteiger partial charge in [0.1, 0.15) is 0 Å². The largest absolute Gasteiger partial charge is 0.243 e. The van der Waals surface area contributed by atoms with Crippen molar-refractivity contribution in [3.8, 4) is 0 Å². The Morgan fingerprint density at radius 3 is 1.94 bits per heavy atom. The number of sulfone groups is 2. The topological polar surface area (TPSA) is 81.2 Å². The lowest BCUT2D eigenvalue weighted by Crippen LogP contribution is -2.10. The van der Waals surface area contributed by atoms with E-state index in [1.165, 1.54) is 12.1 Å². The Hall–Kier alpha value is -0.950. The molecule has 0 spiro atoms. The van der Waals surface area contributed by atoms with Gasteiger partial charge < -0.3 is 0 Å². The molecule has 0 aliphatic rings. The van der Waals surface area contributed by atoms with Crippen molar-refractivity contribution in [2.75, 3.05) is 11.5 Å². The molecule has 1 aromatic heterocycles. The maximum Gasteiger partial charge on any atom is 0.195 e. The van der Waals surface area contributed by atoms with E-state index in [2.05, 4.69) is 4.98 Å². The molecule has 5 nitrogen and oxygen atoms in total. The molecule has 0 aliphatic carbocycles. The summed E-state index contributed by atoms with van der Waals surface area (Å²) in [6.45, 7) is 3.53. The second kappa shape index (κ2) is 5.79. The van der Waals surface area contributed by atoms with Crippen LogP contribution >= 0.6 is 0 Å². The molecule has 0 unspecified atom stereocenters. The van der Waals surface area contributed by atoms with Gasteiger partial charge in [0.25, 0.3) is 0 Å². The fraction of sp³-hybridized carbons (Fsp3) is 0.545. The van der Waals surface area contributed by atoms with Gasteiger partial charge in [0.2, 0.25) is 0 Å². The Morgan fingerprint density at radius 2 is 1.50 bits per heavy atom. The van der Waals surface area contributed by atoms with Crippen molar-refractivity contribution in [2.24, 2.45) is 0 Å². The first kappa shape index (κ1) is 15.1. The molecule has 0 aliphatic heterocycles. The first-order chi connectivity index (χ1) is 8.33. The fourth-order valence-electron chi connectivity index (χ4n) is 1.49. The summed E-state index contributed by atoms with van der Waals surface area (Å²) < 4.78 is 46.9. The highest BCUT2D eigenvalue weighted by atomic mass is 32.2. The van der Waals surface area contributed by atoms with Gasteiger partial charge in [-0.2, -0.15) is 0 Å². The Balaban J connectivity index is 3.08. The van der Waals surface area contributed by atoms with Crippen molar-refractivity contribution in [3.05, 3.63) is 18.3 Å². The van der Waals surface area contributed by atoms with Crippen molar-refractivity contribution in [1.82, 2.24) is 4.98 Å². The van der Waals surface area contributed by atoms with E-state index in [9.17, 15) is 16.8 Å². The molecule has 1 rings (SSSR count). The summed E-state index contributed by atoms with van der Waals surface area (Å²) in [4.78, 5) is 3.82. The molecule has 0 saturated heterocycles. The summed E-state index contributed by atoms with van der Waals surface area (Å²) in [6, 6.07) is 2.56. The first-order valence-corrected chi connectivity index (χ1v) is 9.05. The smallest absolute Gasteiger partial charge is 0.195 e. The summed E-state index contributed by atoms with van der Waals surface area (Å²) in [7, 11) is -6.73. The lowest BCUT2D eigenvalue weighted by Gasteiger charge is -2.04. The molecule has 0 saturated carbocycles. The normalized spacial score (nSPS) is 12.6. The second-order valence-electron chi connectivity index (χ2n) is 3.97. The third kappa shape index (κ3) is 3.52. The molecule has 1 heterocycles. The van der Waals surface area contributed by atoms with Crippen LogP contribution in [0.3, 0.4) is 0 Å². The van der Waals surface area contributed by atoms with Gasteiger partial charge in [-0.1, -0.05) is 13.8 Å². The van der Waals surface area contributed by atoms with Crippen LogP contribution in [0, 0.1) is 0 Å². The molecule has 0 N–H and O–H groups in total. The molecule has 0 aromatic carbocycles. The highest BCUT2D eigenvalue weighted by Gasteiger charge is 2.18. The van der Waals surface area contributed by atoms with Gasteiger partial charge in [-0.05, 0) is 25.0 Å². The third-order valence-electron chi connectivity index (χ3n) is 2.33. The van der Waals surface area contributed by atoms with E-state index >= 15 is 0 Å². The van der Waals surface area contributed by atoms with E-state index in [4.69, 9.17) is 0 Å². The molecule has 0 fully saturated rings. The van der Waals surface area contributed by atoms with E-state index in [1.807, 2.05) is 0 Å². The molecule has 0 atom stereocenters. The predicted molar refractivity (Wildman–Crippen MR) is 68.9 cm³/mol. The van der Waals surface area contributed by atoms with Gasteiger partial charge >= 0.3 is 0 Å². The van der Waals surface area contributed by atoms with Crippen LogP contribution in [0.4, 0.5) is 0 Å². The zero-order valence-electron chi connectivity index (χ0n) is 10.5. The molecule has 0 bridgehead atoms. The minimum Gasteiger partial charge on any atom is -0.243 e. The van der Waals surface area contributed by atoms with Crippen LogP contribution in [-0.4, -0.2) is 33.3 Å². The molecule has 0 radical (unpaired) electrons. The molecule has 0 amide bonds. The van der Waals surface area contributed by atoms with Crippen LogP contribution < -0.4 is 0 Å². The maximum absolute atomic E-state index is 11.7. The number of pyridine rings is 1. The quantitative estimate of drug-likeness (QED) is 0.792. The Morgan fingerprint density at radius 1 is 0.944 bits per heavy atom. The molecule has 102 valence electrons. The van der Waals surface area contributed by atoms with Crippen LogP contribution in [0.1, 0.15) is 26.7 Å². The van der Waals surface area contributed by atoms with Gasteiger partial charge in [-0.3, -0.25) is 0 Å². The first-order valence-electron chi connectivity index (χ1n) is 5.75. The fourth-order valence-corrected chi connectivity index (χ4v) is 3.99. The van der Waals surface area contributed by atoms with Gasteiger partial charge in [-0.25, -0.2) is 21.8 Å². The SMILES string of the molecule is CCCS(=O)(=O)c1ccc(S(=O)(=O)CCC)nc1. The van der Waals surface area contributed by atoms with Crippen LogP contribution in [0.15, 0.2) is 28.3 Å². The number of nitrogens with zero attached hydrogens (tertiary/aromatic N) is 1. The predicted octanol–water partition coefficient (Wildman–Crippen LogP) is 1.45. The average Bonchev–Trinajstić information content (AvgIpc) is 2.29. The van der Waals surface area contributed by atoms with Crippen LogP contribution in [-0.2, 0) is 19.7 Å². The molecule has 1 aromatic rings. The van der Waals surface area contributed by atoms with Crippen molar-refractivity contribution < 1.29 is 16.8 Å². The number of hydrogen-bond donors (Lipinski definition) is 0. The Labute approximate surface area is 108 Å². The van der Waals surface area contributed by atoms with Gasteiger partial charge in [0, 0.05) is 6.20 Å². The van der Waals surface area contributed by atoms with Crippen molar-refractivity contribution >= 4 is 19.7 Å². The summed E-state index contributed by atoms with van der Waals surface area (Å²) >= 11 is 0. The second-order valence-corrected chi connectivity index (χ2v) is 8.14. The number of hydrogen-bond acceptors (Lipinski definition) is 5. The van der Waals surface area contributed by atoms with Crippen molar-refractivity contribution in [3.63, 3.8) is 0 Å². The number of aromatic nitrogens is 1. The van der Waals surface area contributed by atoms with Gasteiger partial charge in [-0.15, -0.1) is 0 Å². The van der Waals surface area contributed by atoms with E-state index in [0.29, 0.717) is 12.8 Å². The van der Waals surface area contributed by atoms with E-state index in [0.717, 1.165) is 6.20 Å². The van der Waals surface area contributed by atoms with Crippen molar-refractivity contribution in [1.29, 1.82) is 0 Å². The van der Waals surface area contributed by atoms with Gasteiger partial charge in [0.05, 0.1) is 16.4 Å². The minimum absolute atomic E-state index is 0.0149. The van der Waals surface area contributed by atoms with E-state index in [-0.39, 0.29) is 21.4 Å². The Kier molecular flexibility index (Phi) is 4.86. The molecular weight excluding hydrogens is 274 g/mol. The lowest BCUT2D eigenvalue weighted by atomic mass is 10.5. The van der Waals surface area contributed by atoms with E-state index < -0.39 is 19.7 Å². The van der Waals surface area contributed by atoms with Crippen LogP contribution in [0.25, 0.3) is 0 Å². The summed E-state index contributed by atoms with van der Waals surface area (Å²) in [5, 5.41) is -0.0696. The Bertz CT molecular complexity index is 533. The third-order valence-corrected chi connectivity index (χ3v) is 6.06. The lowest BCUT2D eigenvalue weighted by molar-refractivity contribution is 0.587. The van der Waals surface area contributed by atoms with E-state index in [1.54, 1.807) is 13.8 Å². The monoisotopic (exact) mass is 291 g/mol. The minimum atomic E-state index is -3.39. The molecule has 18 heavy (non-hydrogen) atoms. The summed E-state index contributed by atoms with van der Waals surface area (Å²) in [6.07, 6.45) is 2.13. The molecule has 7 heteroatoms. The molecular formula is C11H17NO4S2. The highest BCUT2D eigenvalue weighted by Crippen LogP contribution is 2.14. The highest BCUT2D eigenvalue weighted by molar-refractivity contribution is 7.91. The zero-order chi connectivity index (χ0) is 13.8. The van der Waals surface area contributed by atoms with Crippen molar-refractivity contribution in [2.45, 2.75) is 36.6 Å². The standard InChI is InChI=1S/C11H17NO4S2/c1-3-7-17(13,14)10-5-6-11(12-9-10)18(15,16)8-4-2/h5-6,9H,3-4,7-8H2,1-2H3. The zero-order valence-corrected chi connectivity index (χ0v) is 12.1. The van der Waals surface area contributed by atoms with Gasteiger partial charge in [0.15, 0.2) is 24.7 Å². The van der Waals surface area contributed by atoms with Crippen LogP contribution in [0.2, 0.25) is 0 Å². The summed E-state index contributed by atoms with van der Waals surface area (Å²) in [5.41, 5.74) is 0. The number of rotatable bonds is 6. The summed E-state index contributed by atoms with van der Waals surface area (Å²) in [5.74, 6) is 0.0524. The van der Waals surface area contributed by atoms with Crippen LogP contribution in [0.5, 0.6) is 0 Å².